The molecular formula is C13H10BrFN2O2. The molecule has 0 aliphatic carbocycles. The molecule has 98 valence electrons. The molecule has 0 atom stereocenters. The number of halogens is 2. The number of nitrogen functional groups attached to an aromatic ring is 1. The summed E-state index contributed by atoms with van der Waals surface area (Å²) in [5, 5.41) is 11.8. The van der Waals surface area contributed by atoms with Gasteiger partial charge in [-0.25, -0.2) is 9.18 Å². The predicted molar refractivity (Wildman–Crippen MR) is 75.2 cm³/mol. The van der Waals surface area contributed by atoms with E-state index in [4.69, 9.17) is 10.8 Å². The van der Waals surface area contributed by atoms with Gasteiger partial charge in [-0.1, -0.05) is 15.9 Å². The van der Waals surface area contributed by atoms with Crippen molar-refractivity contribution < 1.29 is 14.3 Å². The average Bonchev–Trinajstić information content (AvgIpc) is 2.34. The van der Waals surface area contributed by atoms with Gasteiger partial charge < -0.3 is 16.2 Å². The molecule has 0 fully saturated rings. The number of hydrogen-bond donors (Lipinski definition) is 3. The molecule has 2 aromatic carbocycles. The van der Waals surface area contributed by atoms with Crippen molar-refractivity contribution in [2.45, 2.75) is 0 Å². The Morgan fingerprint density at radius 1 is 1.21 bits per heavy atom. The van der Waals surface area contributed by atoms with Crippen molar-refractivity contribution in [2.75, 3.05) is 11.1 Å². The maximum atomic E-state index is 13.7. The number of carboxylic acid groups (broad SMARTS) is 1. The molecule has 0 aliphatic heterocycles. The van der Waals surface area contributed by atoms with Gasteiger partial charge in [0, 0.05) is 10.2 Å². The zero-order chi connectivity index (χ0) is 14.0. The van der Waals surface area contributed by atoms with E-state index in [9.17, 15) is 9.18 Å². The van der Waals surface area contributed by atoms with E-state index in [-0.39, 0.29) is 16.9 Å². The van der Waals surface area contributed by atoms with Crippen LogP contribution in [0.3, 0.4) is 0 Å². The first-order chi connectivity index (χ1) is 8.97. The number of carbonyl (C=O) groups is 1. The molecule has 0 aromatic heterocycles. The van der Waals surface area contributed by atoms with Crippen LogP contribution in [-0.4, -0.2) is 11.1 Å². The fourth-order valence-electron chi connectivity index (χ4n) is 1.58. The van der Waals surface area contributed by atoms with Crippen molar-refractivity contribution in [1.82, 2.24) is 0 Å². The Morgan fingerprint density at radius 3 is 2.53 bits per heavy atom. The number of carboxylic acids is 1. The predicted octanol–water partition coefficient (Wildman–Crippen LogP) is 3.61. The summed E-state index contributed by atoms with van der Waals surface area (Å²) in [4.78, 5) is 11.1. The molecule has 0 heterocycles. The third-order valence-corrected chi connectivity index (χ3v) is 2.97. The Hall–Kier alpha value is -2.08. The highest BCUT2D eigenvalue weighted by molar-refractivity contribution is 9.10. The first-order valence-electron chi connectivity index (χ1n) is 5.32. The standard InChI is InChI=1S/C13H10BrFN2O2/c14-7-1-3-12(10(15)5-7)17-11-4-2-8(16)6-9(11)13(18)19/h1-6,17H,16H2,(H,18,19). The Labute approximate surface area is 117 Å². The lowest BCUT2D eigenvalue weighted by molar-refractivity contribution is 0.0698. The molecule has 0 spiro atoms. The summed E-state index contributed by atoms with van der Waals surface area (Å²) in [6, 6.07) is 8.83. The third kappa shape index (κ3) is 3.03. The van der Waals surface area contributed by atoms with Gasteiger partial charge in [0.1, 0.15) is 5.82 Å². The number of hydrogen-bond acceptors (Lipinski definition) is 3. The normalized spacial score (nSPS) is 10.2. The quantitative estimate of drug-likeness (QED) is 0.754. The topological polar surface area (TPSA) is 75.3 Å². The molecular weight excluding hydrogens is 315 g/mol. The van der Waals surface area contributed by atoms with Crippen LogP contribution in [0.15, 0.2) is 40.9 Å². The van der Waals surface area contributed by atoms with Crippen LogP contribution in [0, 0.1) is 5.82 Å². The van der Waals surface area contributed by atoms with Crippen LogP contribution in [-0.2, 0) is 0 Å². The molecule has 0 radical (unpaired) electrons. The van der Waals surface area contributed by atoms with Crippen LogP contribution in [0.5, 0.6) is 0 Å². The van der Waals surface area contributed by atoms with Crippen LogP contribution in [0.4, 0.5) is 21.5 Å². The largest absolute Gasteiger partial charge is 0.478 e. The van der Waals surface area contributed by atoms with E-state index in [1.165, 1.54) is 24.3 Å². The van der Waals surface area contributed by atoms with Crippen LogP contribution in [0.2, 0.25) is 0 Å². The number of aromatic carboxylic acids is 1. The Bertz CT molecular complexity index is 647. The maximum Gasteiger partial charge on any atom is 0.337 e. The maximum absolute atomic E-state index is 13.7. The van der Waals surface area contributed by atoms with E-state index in [2.05, 4.69) is 21.2 Å². The van der Waals surface area contributed by atoms with Crippen molar-refractivity contribution in [2.24, 2.45) is 0 Å². The summed E-state index contributed by atoms with van der Waals surface area (Å²) >= 11 is 3.15. The summed E-state index contributed by atoms with van der Waals surface area (Å²) in [7, 11) is 0. The summed E-state index contributed by atoms with van der Waals surface area (Å²) < 4.78 is 14.3. The Kier molecular flexibility index (Phi) is 3.71. The van der Waals surface area contributed by atoms with E-state index >= 15 is 0 Å². The van der Waals surface area contributed by atoms with Crippen LogP contribution in [0.25, 0.3) is 0 Å². The van der Waals surface area contributed by atoms with Gasteiger partial charge in [0.2, 0.25) is 0 Å². The zero-order valence-corrected chi connectivity index (χ0v) is 11.2. The van der Waals surface area contributed by atoms with E-state index in [0.29, 0.717) is 10.2 Å². The second kappa shape index (κ2) is 5.27. The SMILES string of the molecule is Nc1ccc(Nc2ccc(Br)cc2F)c(C(=O)O)c1. The van der Waals surface area contributed by atoms with Gasteiger partial charge in [0.25, 0.3) is 0 Å². The highest BCUT2D eigenvalue weighted by atomic mass is 79.9. The second-order valence-electron chi connectivity index (χ2n) is 3.86. The molecule has 2 aromatic rings. The molecule has 6 heteroatoms. The first kappa shape index (κ1) is 13.4. The van der Waals surface area contributed by atoms with E-state index in [0.717, 1.165) is 0 Å². The molecule has 0 aliphatic rings. The minimum absolute atomic E-state index is 0.0117. The summed E-state index contributed by atoms with van der Waals surface area (Å²) in [6.45, 7) is 0. The van der Waals surface area contributed by atoms with Gasteiger partial charge in [-0.05, 0) is 36.4 Å². The van der Waals surface area contributed by atoms with Crippen molar-refractivity contribution >= 4 is 39.0 Å². The summed E-state index contributed by atoms with van der Waals surface area (Å²) in [5.74, 6) is -1.62. The van der Waals surface area contributed by atoms with Gasteiger partial charge in [-0.3, -0.25) is 0 Å². The van der Waals surface area contributed by atoms with E-state index < -0.39 is 11.8 Å². The van der Waals surface area contributed by atoms with Crippen molar-refractivity contribution in [3.05, 3.63) is 52.3 Å². The first-order valence-corrected chi connectivity index (χ1v) is 6.11. The highest BCUT2D eigenvalue weighted by Crippen LogP contribution is 2.26. The minimum Gasteiger partial charge on any atom is -0.478 e. The van der Waals surface area contributed by atoms with E-state index in [1.54, 1.807) is 12.1 Å². The molecule has 4 nitrogen and oxygen atoms in total. The smallest absolute Gasteiger partial charge is 0.337 e. The van der Waals surface area contributed by atoms with Crippen molar-refractivity contribution in [3.63, 3.8) is 0 Å². The molecule has 0 amide bonds. The average molecular weight is 325 g/mol. The molecule has 0 bridgehead atoms. The van der Waals surface area contributed by atoms with Crippen LogP contribution in [0.1, 0.15) is 10.4 Å². The van der Waals surface area contributed by atoms with Crippen molar-refractivity contribution in [3.8, 4) is 0 Å². The number of nitrogens with one attached hydrogen (secondary N) is 1. The molecule has 4 N–H and O–H groups in total. The summed E-state index contributed by atoms with van der Waals surface area (Å²) in [5.41, 5.74) is 6.33. The lowest BCUT2D eigenvalue weighted by Crippen LogP contribution is -2.04. The fourth-order valence-corrected chi connectivity index (χ4v) is 1.92. The number of nitrogens with two attached hydrogens (primary N) is 1. The second-order valence-corrected chi connectivity index (χ2v) is 4.78. The Morgan fingerprint density at radius 2 is 1.89 bits per heavy atom. The van der Waals surface area contributed by atoms with Crippen molar-refractivity contribution in [1.29, 1.82) is 0 Å². The molecule has 19 heavy (non-hydrogen) atoms. The number of anilines is 3. The van der Waals surface area contributed by atoms with Gasteiger partial charge in [0.15, 0.2) is 0 Å². The van der Waals surface area contributed by atoms with Gasteiger partial charge >= 0.3 is 5.97 Å². The summed E-state index contributed by atoms with van der Waals surface area (Å²) in [6.07, 6.45) is 0. The van der Waals surface area contributed by atoms with E-state index in [1.807, 2.05) is 0 Å². The third-order valence-electron chi connectivity index (χ3n) is 2.47. The zero-order valence-electron chi connectivity index (χ0n) is 9.65. The lowest BCUT2D eigenvalue weighted by atomic mass is 10.1. The van der Waals surface area contributed by atoms with Gasteiger partial charge in [-0.2, -0.15) is 0 Å². The number of benzene rings is 2. The Balaban J connectivity index is 2.40. The lowest BCUT2D eigenvalue weighted by Gasteiger charge is -2.11. The molecule has 0 saturated heterocycles. The number of rotatable bonds is 3. The van der Waals surface area contributed by atoms with Gasteiger partial charge in [-0.15, -0.1) is 0 Å². The molecule has 0 unspecified atom stereocenters. The van der Waals surface area contributed by atoms with Gasteiger partial charge in [0.05, 0.1) is 16.9 Å². The highest BCUT2D eigenvalue weighted by Gasteiger charge is 2.12. The molecule has 2 rings (SSSR count). The minimum atomic E-state index is -1.13. The fraction of sp³-hybridized carbons (Fsp3) is 0. The van der Waals surface area contributed by atoms with Crippen LogP contribution < -0.4 is 11.1 Å². The monoisotopic (exact) mass is 324 g/mol. The van der Waals surface area contributed by atoms with Crippen LogP contribution >= 0.6 is 15.9 Å². The molecule has 0 saturated carbocycles.